The Morgan fingerprint density at radius 1 is 1.05 bits per heavy atom. The van der Waals surface area contributed by atoms with Crippen molar-refractivity contribution in [2.24, 2.45) is 0 Å². The molecule has 3 rings (SSSR count). The SMILES string of the molecule is Cc1ccc(S(=O)(=O)N2C(C(=O)O)C2c2ccccc2)cc1. The van der Waals surface area contributed by atoms with Crippen molar-refractivity contribution in [3.05, 3.63) is 65.7 Å². The van der Waals surface area contributed by atoms with Gasteiger partial charge < -0.3 is 5.11 Å². The van der Waals surface area contributed by atoms with E-state index in [4.69, 9.17) is 0 Å². The molecule has 22 heavy (non-hydrogen) atoms. The van der Waals surface area contributed by atoms with Crippen LogP contribution in [0.1, 0.15) is 17.2 Å². The number of hydrogen-bond donors (Lipinski definition) is 1. The van der Waals surface area contributed by atoms with Crippen molar-refractivity contribution < 1.29 is 18.3 Å². The molecule has 0 amide bonds. The summed E-state index contributed by atoms with van der Waals surface area (Å²) in [6.07, 6.45) is 0. The minimum atomic E-state index is -3.82. The van der Waals surface area contributed by atoms with Gasteiger partial charge in [0.2, 0.25) is 10.0 Å². The average molecular weight is 317 g/mol. The number of hydrogen-bond acceptors (Lipinski definition) is 3. The lowest BCUT2D eigenvalue weighted by Gasteiger charge is -2.06. The van der Waals surface area contributed by atoms with Crippen molar-refractivity contribution in [3.8, 4) is 0 Å². The first-order valence-electron chi connectivity index (χ1n) is 6.81. The summed E-state index contributed by atoms with van der Waals surface area (Å²) in [6.45, 7) is 1.86. The highest BCUT2D eigenvalue weighted by molar-refractivity contribution is 7.89. The van der Waals surface area contributed by atoms with E-state index in [9.17, 15) is 18.3 Å². The summed E-state index contributed by atoms with van der Waals surface area (Å²) in [5.74, 6) is -1.13. The fourth-order valence-corrected chi connectivity index (χ4v) is 4.28. The maximum Gasteiger partial charge on any atom is 0.324 e. The number of rotatable bonds is 4. The van der Waals surface area contributed by atoms with E-state index in [0.717, 1.165) is 9.87 Å². The minimum Gasteiger partial charge on any atom is -0.480 e. The molecule has 0 saturated carbocycles. The van der Waals surface area contributed by atoms with E-state index in [1.807, 2.05) is 6.92 Å². The van der Waals surface area contributed by atoms with Crippen LogP contribution in [0, 0.1) is 6.92 Å². The van der Waals surface area contributed by atoms with Gasteiger partial charge in [-0.05, 0) is 24.6 Å². The van der Waals surface area contributed by atoms with Crippen molar-refractivity contribution in [3.63, 3.8) is 0 Å². The molecule has 0 radical (unpaired) electrons. The van der Waals surface area contributed by atoms with Gasteiger partial charge in [-0.1, -0.05) is 48.0 Å². The number of sulfonamides is 1. The van der Waals surface area contributed by atoms with Crippen LogP contribution in [0.5, 0.6) is 0 Å². The summed E-state index contributed by atoms with van der Waals surface area (Å²) in [4.78, 5) is 11.5. The summed E-state index contributed by atoms with van der Waals surface area (Å²) in [5, 5.41) is 9.30. The predicted octanol–water partition coefficient (Wildman–Crippen LogP) is 2.19. The van der Waals surface area contributed by atoms with E-state index in [0.29, 0.717) is 5.56 Å². The van der Waals surface area contributed by atoms with Gasteiger partial charge in [0, 0.05) is 0 Å². The van der Waals surface area contributed by atoms with Crippen LogP contribution in [0.15, 0.2) is 59.5 Å². The van der Waals surface area contributed by atoms with Gasteiger partial charge in [0.15, 0.2) is 0 Å². The molecule has 1 fully saturated rings. The number of aliphatic carboxylic acids is 1. The number of carboxylic acids is 1. The van der Waals surface area contributed by atoms with Crippen molar-refractivity contribution in [1.82, 2.24) is 4.31 Å². The quantitative estimate of drug-likeness (QED) is 0.877. The second-order valence-electron chi connectivity index (χ2n) is 5.29. The van der Waals surface area contributed by atoms with Crippen LogP contribution in [0.25, 0.3) is 0 Å². The summed E-state index contributed by atoms with van der Waals surface area (Å²) in [7, 11) is -3.82. The summed E-state index contributed by atoms with van der Waals surface area (Å²) in [6, 6.07) is 13.5. The molecule has 3 atom stereocenters. The van der Waals surface area contributed by atoms with E-state index in [2.05, 4.69) is 0 Å². The van der Waals surface area contributed by atoms with E-state index in [1.165, 1.54) is 12.1 Å². The third kappa shape index (κ3) is 2.40. The van der Waals surface area contributed by atoms with Gasteiger partial charge in [-0.15, -0.1) is 0 Å². The molecule has 6 heteroatoms. The van der Waals surface area contributed by atoms with Crippen molar-refractivity contribution in [1.29, 1.82) is 0 Å². The van der Waals surface area contributed by atoms with Crippen LogP contribution in [0.4, 0.5) is 0 Å². The van der Waals surface area contributed by atoms with Crippen LogP contribution < -0.4 is 0 Å². The maximum atomic E-state index is 12.7. The van der Waals surface area contributed by atoms with E-state index in [-0.39, 0.29) is 4.90 Å². The molecule has 3 unspecified atom stereocenters. The molecule has 0 aromatic heterocycles. The summed E-state index contributed by atoms with van der Waals surface area (Å²) in [5.41, 5.74) is 1.63. The lowest BCUT2D eigenvalue weighted by Crippen LogP contribution is -2.19. The molecule has 1 saturated heterocycles. The number of carbonyl (C=O) groups is 1. The molecule has 1 aliphatic heterocycles. The molecule has 0 spiro atoms. The topological polar surface area (TPSA) is 74.5 Å². The van der Waals surface area contributed by atoms with Crippen molar-refractivity contribution in [2.45, 2.75) is 23.9 Å². The molecule has 1 heterocycles. The number of benzene rings is 2. The molecular weight excluding hydrogens is 302 g/mol. The lowest BCUT2D eigenvalue weighted by molar-refractivity contribution is -0.137. The highest BCUT2D eigenvalue weighted by Gasteiger charge is 2.60. The minimum absolute atomic E-state index is 0.114. The fourth-order valence-electron chi connectivity index (χ4n) is 2.57. The molecule has 1 N–H and O–H groups in total. The Morgan fingerprint density at radius 3 is 2.18 bits per heavy atom. The normalized spacial score (nSPS) is 24.0. The Bertz CT molecular complexity index is 800. The Kier molecular flexibility index (Phi) is 3.50. The van der Waals surface area contributed by atoms with E-state index >= 15 is 0 Å². The van der Waals surface area contributed by atoms with Gasteiger partial charge in [0.25, 0.3) is 0 Å². The third-order valence-corrected chi connectivity index (χ3v) is 5.63. The molecule has 114 valence electrons. The highest BCUT2D eigenvalue weighted by atomic mass is 32.2. The Morgan fingerprint density at radius 2 is 1.64 bits per heavy atom. The molecular formula is C16H15NO4S. The lowest BCUT2D eigenvalue weighted by atomic mass is 10.1. The molecule has 0 aliphatic carbocycles. The van der Waals surface area contributed by atoms with Crippen molar-refractivity contribution >= 4 is 16.0 Å². The molecule has 2 aromatic rings. The van der Waals surface area contributed by atoms with Gasteiger partial charge >= 0.3 is 5.97 Å². The monoisotopic (exact) mass is 317 g/mol. The Labute approximate surface area is 128 Å². The number of aryl methyl sites for hydroxylation is 1. The smallest absolute Gasteiger partial charge is 0.324 e. The third-order valence-electron chi connectivity index (χ3n) is 3.75. The van der Waals surface area contributed by atoms with Crippen molar-refractivity contribution in [2.75, 3.05) is 0 Å². The highest BCUT2D eigenvalue weighted by Crippen LogP contribution is 2.47. The van der Waals surface area contributed by atoms with Gasteiger partial charge in [-0.2, -0.15) is 4.31 Å². The number of nitrogens with zero attached hydrogens (tertiary/aromatic N) is 1. The Balaban J connectivity index is 1.99. The zero-order valence-corrected chi connectivity index (χ0v) is 12.7. The van der Waals surface area contributed by atoms with Gasteiger partial charge in [-0.25, -0.2) is 8.42 Å². The van der Waals surface area contributed by atoms with Crippen LogP contribution in [-0.4, -0.2) is 29.8 Å². The zero-order chi connectivity index (χ0) is 15.9. The van der Waals surface area contributed by atoms with Crippen LogP contribution in [-0.2, 0) is 14.8 Å². The van der Waals surface area contributed by atoms with Gasteiger partial charge in [-0.3, -0.25) is 4.79 Å². The fraction of sp³-hybridized carbons (Fsp3) is 0.188. The summed E-state index contributed by atoms with van der Waals surface area (Å²) < 4.78 is 26.4. The standard InChI is InChI=1S/C16H15NO4S/c1-11-7-9-13(10-8-11)22(20,21)17-14(15(17)16(18)19)12-5-3-2-4-6-12/h2-10,14-15H,1H3,(H,18,19). The van der Waals surface area contributed by atoms with Crippen LogP contribution in [0.2, 0.25) is 0 Å². The number of carboxylic acid groups (broad SMARTS) is 1. The second kappa shape index (κ2) is 5.23. The van der Waals surface area contributed by atoms with E-state index < -0.39 is 28.1 Å². The van der Waals surface area contributed by atoms with Crippen LogP contribution in [0.3, 0.4) is 0 Å². The predicted molar refractivity (Wildman–Crippen MR) is 80.8 cm³/mol. The van der Waals surface area contributed by atoms with Crippen LogP contribution >= 0.6 is 0 Å². The first-order chi connectivity index (χ1) is 10.4. The Hall–Kier alpha value is -2.18. The molecule has 2 aromatic carbocycles. The first kappa shape index (κ1) is 14.7. The average Bonchev–Trinajstić information content (AvgIpc) is 3.25. The van der Waals surface area contributed by atoms with E-state index in [1.54, 1.807) is 42.5 Å². The summed E-state index contributed by atoms with van der Waals surface area (Å²) >= 11 is 0. The molecule has 1 aliphatic rings. The van der Waals surface area contributed by atoms with Gasteiger partial charge in [0.1, 0.15) is 6.04 Å². The molecule has 0 bridgehead atoms. The second-order valence-corrected chi connectivity index (χ2v) is 7.13. The van der Waals surface area contributed by atoms with Gasteiger partial charge in [0.05, 0.1) is 10.9 Å². The maximum absolute atomic E-state index is 12.7. The molecule has 5 nitrogen and oxygen atoms in total. The largest absolute Gasteiger partial charge is 0.480 e. The first-order valence-corrected chi connectivity index (χ1v) is 8.25. The zero-order valence-electron chi connectivity index (χ0n) is 11.9.